The number of nitrogens with zero attached hydrogens (tertiary/aromatic N) is 2. The largest absolute Gasteiger partial charge is 0.469 e. The minimum Gasteiger partial charge on any atom is -0.469 e. The molecule has 3 fully saturated rings. The van der Waals surface area contributed by atoms with Crippen molar-refractivity contribution in [3.8, 4) is 0 Å². The number of nitrogens with one attached hydrogen (secondary N) is 4. The summed E-state index contributed by atoms with van der Waals surface area (Å²) in [7, 11) is 1.19. The number of fused-ring (bicyclic) bond motifs is 2. The molecule has 1 saturated carbocycles. The molecule has 1 unspecified atom stereocenters. The number of ether oxygens (including phenoxy) is 1. The smallest absolute Gasteiger partial charge is 0.308 e. The normalized spacial score (nSPS) is 28.8. The molecule has 5 rings (SSSR count). The third-order valence-electron chi connectivity index (χ3n) is 9.77. The first-order valence-electron chi connectivity index (χ1n) is 16.9. The maximum Gasteiger partial charge on any atom is 0.308 e. The number of methoxy groups -OCH3 is 1. The highest BCUT2D eigenvalue weighted by Crippen LogP contribution is 2.40. The molecule has 4 aliphatic rings. The van der Waals surface area contributed by atoms with E-state index in [1.54, 1.807) is 0 Å². The summed E-state index contributed by atoms with van der Waals surface area (Å²) in [5.74, 6) is -4.04. The van der Waals surface area contributed by atoms with Crippen LogP contribution < -0.4 is 21.3 Å². The van der Waals surface area contributed by atoms with Crippen molar-refractivity contribution < 1.29 is 33.5 Å². The summed E-state index contributed by atoms with van der Waals surface area (Å²) < 4.78 is 5.44. The van der Waals surface area contributed by atoms with Crippen LogP contribution in [0.2, 0.25) is 0 Å². The standard InChI is InChI=1S/C34H45BrN6O7/c1-18(2)15-23-30(43)37-24(16-21-20-11-6-7-12-22(20)36-29(21)35)31(44)39-25(17-27(42)48-3)34(47)41-14-8-13-26(41)32(45)40-28(33(46)38-23)19-9-4-5-10-19/h6-7,11-12,18-19,21,23-26,28H,4-5,8-10,13-17H2,1-3H3,(H,37,43)(H,38,46)(H,39,44)(H,40,45)/t21?,23-,24+,25+,26-,28+/m0/s1. The maximum atomic E-state index is 14.1. The molecule has 0 radical (unpaired) electrons. The van der Waals surface area contributed by atoms with Gasteiger partial charge in [0.15, 0.2) is 0 Å². The summed E-state index contributed by atoms with van der Waals surface area (Å²) >= 11 is 3.54. The fraction of sp³-hybridized carbons (Fsp3) is 0.618. The summed E-state index contributed by atoms with van der Waals surface area (Å²) in [5.41, 5.74) is 1.59. The second-order valence-electron chi connectivity index (χ2n) is 13.6. The monoisotopic (exact) mass is 728 g/mol. The molecule has 260 valence electrons. The summed E-state index contributed by atoms with van der Waals surface area (Å²) in [6.07, 6.45) is 4.12. The van der Waals surface area contributed by atoms with Gasteiger partial charge in [-0.1, -0.05) is 44.9 Å². The van der Waals surface area contributed by atoms with E-state index in [1.807, 2.05) is 38.1 Å². The van der Waals surface area contributed by atoms with Gasteiger partial charge in [0, 0.05) is 12.5 Å². The Kier molecular flexibility index (Phi) is 11.5. The van der Waals surface area contributed by atoms with Crippen molar-refractivity contribution in [1.82, 2.24) is 26.2 Å². The molecule has 0 spiro atoms. The second kappa shape index (κ2) is 15.6. The van der Waals surface area contributed by atoms with Crippen LogP contribution in [0.15, 0.2) is 29.3 Å². The molecule has 13 nitrogen and oxygen atoms in total. The van der Waals surface area contributed by atoms with Crippen LogP contribution in [-0.2, 0) is 33.5 Å². The van der Waals surface area contributed by atoms with Gasteiger partial charge in [0.05, 0.1) is 23.8 Å². The summed E-state index contributed by atoms with van der Waals surface area (Å²) in [6, 6.07) is 2.16. The lowest BCUT2D eigenvalue weighted by atomic mass is 9.92. The van der Waals surface area contributed by atoms with Gasteiger partial charge in [0.2, 0.25) is 29.5 Å². The van der Waals surface area contributed by atoms with Crippen molar-refractivity contribution in [1.29, 1.82) is 0 Å². The molecule has 1 aliphatic carbocycles. The topological polar surface area (TPSA) is 175 Å². The number of amides is 5. The molecule has 1 aromatic rings. The minimum atomic E-state index is -1.35. The quantitative estimate of drug-likeness (QED) is 0.312. The molecule has 6 atom stereocenters. The van der Waals surface area contributed by atoms with Gasteiger partial charge in [0.1, 0.15) is 30.2 Å². The van der Waals surface area contributed by atoms with Crippen LogP contribution in [0.3, 0.4) is 0 Å². The first-order chi connectivity index (χ1) is 23.0. The number of aliphatic imine (C=N–C) groups is 1. The SMILES string of the molecule is COC(=O)C[C@H]1NC(=O)[C@@H](CC2C(Br)=Nc3ccccc32)NC(=O)[C@H](CC(C)C)NC(=O)[C@@H](C2CCCC2)NC(=O)[C@@H]2CCCN2C1=O. The van der Waals surface area contributed by atoms with Gasteiger partial charge in [-0.2, -0.15) is 0 Å². The molecule has 0 bridgehead atoms. The van der Waals surface area contributed by atoms with Crippen LogP contribution >= 0.6 is 15.9 Å². The average molecular weight is 730 g/mol. The van der Waals surface area contributed by atoms with E-state index in [0.717, 1.165) is 36.9 Å². The van der Waals surface area contributed by atoms with E-state index < -0.39 is 72.1 Å². The van der Waals surface area contributed by atoms with E-state index in [4.69, 9.17) is 4.74 Å². The number of carbonyl (C=O) groups is 6. The molecule has 3 aliphatic heterocycles. The lowest BCUT2D eigenvalue weighted by Crippen LogP contribution is -2.59. The van der Waals surface area contributed by atoms with E-state index in [9.17, 15) is 28.8 Å². The first kappa shape index (κ1) is 35.5. The van der Waals surface area contributed by atoms with Crippen molar-refractivity contribution in [2.75, 3.05) is 13.7 Å². The number of carbonyl (C=O) groups excluding carboxylic acids is 6. The summed E-state index contributed by atoms with van der Waals surface area (Å²) in [5, 5.41) is 11.4. The molecule has 0 aromatic heterocycles. The van der Waals surface area contributed by atoms with Crippen LogP contribution in [-0.4, -0.2) is 88.9 Å². The Balaban J connectivity index is 1.54. The molecule has 3 heterocycles. The van der Waals surface area contributed by atoms with Gasteiger partial charge in [-0.25, -0.2) is 4.99 Å². The first-order valence-corrected chi connectivity index (χ1v) is 17.7. The number of benzene rings is 1. The van der Waals surface area contributed by atoms with Crippen molar-refractivity contribution >= 4 is 61.7 Å². The van der Waals surface area contributed by atoms with E-state index in [-0.39, 0.29) is 37.1 Å². The molecular weight excluding hydrogens is 684 g/mol. The van der Waals surface area contributed by atoms with Crippen LogP contribution in [0.1, 0.15) is 83.1 Å². The number of para-hydroxylation sites is 1. The van der Waals surface area contributed by atoms with Gasteiger partial charge >= 0.3 is 5.97 Å². The molecule has 4 N–H and O–H groups in total. The molecule has 1 aromatic carbocycles. The zero-order chi connectivity index (χ0) is 34.5. The van der Waals surface area contributed by atoms with Crippen LogP contribution in [0, 0.1) is 11.8 Å². The van der Waals surface area contributed by atoms with E-state index in [2.05, 4.69) is 42.2 Å². The Morgan fingerprint density at radius 2 is 1.56 bits per heavy atom. The van der Waals surface area contributed by atoms with Crippen molar-refractivity contribution in [3.05, 3.63) is 29.8 Å². The Morgan fingerprint density at radius 1 is 0.896 bits per heavy atom. The van der Waals surface area contributed by atoms with Gasteiger partial charge < -0.3 is 30.9 Å². The second-order valence-corrected chi connectivity index (χ2v) is 14.4. The Morgan fingerprint density at radius 3 is 2.27 bits per heavy atom. The third kappa shape index (κ3) is 8.07. The Hall–Kier alpha value is -3.81. The summed E-state index contributed by atoms with van der Waals surface area (Å²) in [4.78, 5) is 88.4. The average Bonchev–Trinajstić information content (AvgIpc) is 3.82. The molecule has 2 saturated heterocycles. The van der Waals surface area contributed by atoms with Crippen LogP contribution in [0.4, 0.5) is 5.69 Å². The van der Waals surface area contributed by atoms with Crippen LogP contribution in [0.25, 0.3) is 0 Å². The molecule has 5 amide bonds. The number of halogens is 1. The van der Waals surface area contributed by atoms with Gasteiger partial charge in [0.25, 0.3) is 0 Å². The lowest BCUT2D eigenvalue weighted by Gasteiger charge is -2.31. The van der Waals surface area contributed by atoms with Crippen molar-refractivity contribution in [3.63, 3.8) is 0 Å². The third-order valence-corrected chi connectivity index (χ3v) is 10.5. The minimum absolute atomic E-state index is 0.00650. The predicted octanol–water partition coefficient (Wildman–Crippen LogP) is 2.34. The van der Waals surface area contributed by atoms with Crippen LogP contribution in [0.5, 0.6) is 0 Å². The fourth-order valence-corrected chi connectivity index (χ4v) is 7.92. The highest BCUT2D eigenvalue weighted by molar-refractivity contribution is 9.18. The van der Waals surface area contributed by atoms with Crippen molar-refractivity contribution in [2.24, 2.45) is 16.8 Å². The lowest BCUT2D eigenvalue weighted by molar-refractivity contribution is -0.147. The Bertz CT molecular complexity index is 1460. The maximum absolute atomic E-state index is 14.1. The predicted molar refractivity (Wildman–Crippen MR) is 180 cm³/mol. The summed E-state index contributed by atoms with van der Waals surface area (Å²) in [6.45, 7) is 4.09. The van der Waals surface area contributed by atoms with Gasteiger partial charge in [-0.15, -0.1) is 0 Å². The molecular formula is C34H45BrN6O7. The number of rotatable bonds is 7. The van der Waals surface area contributed by atoms with Crippen molar-refractivity contribution in [2.45, 2.75) is 108 Å². The highest BCUT2D eigenvalue weighted by Gasteiger charge is 2.43. The zero-order valence-electron chi connectivity index (χ0n) is 27.6. The number of esters is 1. The number of hydrogen-bond donors (Lipinski definition) is 4. The van der Waals surface area contributed by atoms with E-state index in [0.29, 0.717) is 17.5 Å². The van der Waals surface area contributed by atoms with E-state index in [1.165, 1.54) is 12.0 Å². The fourth-order valence-electron chi connectivity index (χ4n) is 7.30. The highest BCUT2D eigenvalue weighted by atomic mass is 79.9. The van der Waals surface area contributed by atoms with Gasteiger partial charge in [-0.3, -0.25) is 28.8 Å². The molecule has 48 heavy (non-hydrogen) atoms. The van der Waals surface area contributed by atoms with Gasteiger partial charge in [-0.05, 0) is 77.9 Å². The molecule has 14 heteroatoms. The number of hydrogen-bond acceptors (Lipinski definition) is 8. The zero-order valence-corrected chi connectivity index (χ0v) is 29.2. The van der Waals surface area contributed by atoms with E-state index >= 15 is 0 Å². The Labute approximate surface area is 288 Å².